The maximum absolute atomic E-state index is 11.6. The quantitative estimate of drug-likeness (QED) is 0.706. The van der Waals surface area contributed by atoms with E-state index >= 15 is 0 Å². The standard InChI is InChI=1S/C16H26N2O/c1-4-6-11-17-15(19)10-12-18-16-13(3)8-7-9-14(16)5-2/h7-9,18H,4-6,10-12H2,1-3H3,(H,17,19). The van der Waals surface area contributed by atoms with E-state index in [4.69, 9.17) is 0 Å². The lowest BCUT2D eigenvalue weighted by molar-refractivity contribution is -0.120. The number of hydrogen-bond acceptors (Lipinski definition) is 2. The smallest absolute Gasteiger partial charge is 0.221 e. The molecule has 1 aromatic carbocycles. The highest BCUT2D eigenvalue weighted by Crippen LogP contribution is 2.20. The van der Waals surface area contributed by atoms with Crippen LogP contribution in [0.25, 0.3) is 0 Å². The third-order valence-corrected chi connectivity index (χ3v) is 3.25. The third-order valence-electron chi connectivity index (χ3n) is 3.25. The van der Waals surface area contributed by atoms with Crippen LogP contribution < -0.4 is 10.6 Å². The van der Waals surface area contributed by atoms with Gasteiger partial charge in [0, 0.05) is 25.2 Å². The van der Waals surface area contributed by atoms with Gasteiger partial charge < -0.3 is 10.6 Å². The van der Waals surface area contributed by atoms with Crippen LogP contribution in [-0.2, 0) is 11.2 Å². The van der Waals surface area contributed by atoms with Crippen LogP contribution in [0.15, 0.2) is 18.2 Å². The summed E-state index contributed by atoms with van der Waals surface area (Å²) in [6.45, 7) is 7.86. The van der Waals surface area contributed by atoms with E-state index in [-0.39, 0.29) is 5.91 Å². The largest absolute Gasteiger partial charge is 0.384 e. The summed E-state index contributed by atoms with van der Waals surface area (Å²) >= 11 is 0. The Labute approximate surface area is 116 Å². The van der Waals surface area contributed by atoms with Gasteiger partial charge in [0.05, 0.1) is 0 Å². The average Bonchev–Trinajstić information content (AvgIpc) is 2.41. The van der Waals surface area contributed by atoms with Crippen LogP contribution in [0.3, 0.4) is 0 Å². The first kappa shape index (κ1) is 15.5. The highest BCUT2D eigenvalue weighted by atomic mass is 16.1. The van der Waals surface area contributed by atoms with Crippen LogP contribution in [0.1, 0.15) is 44.2 Å². The fourth-order valence-corrected chi connectivity index (χ4v) is 2.07. The number of hydrogen-bond donors (Lipinski definition) is 2. The molecule has 0 unspecified atom stereocenters. The number of carbonyl (C=O) groups is 1. The molecule has 0 heterocycles. The Balaban J connectivity index is 2.39. The Morgan fingerprint density at radius 3 is 2.68 bits per heavy atom. The van der Waals surface area contributed by atoms with Crippen molar-refractivity contribution in [1.29, 1.82) is 0 Å². The van der Waals surface area contributed by atoms with Crippen molar-refractivity contribution in [3.8, 4) is 0 Å². The molecule has 0 aliphatic heterocycles. The van der Waals surface area contributed by atoms with Gasteiger partial charge in [-0.25, -0.2) is 0 Å². The number of anilines is 1. The second kappa shape index (κ2) is 8.57. The summed E-state index contributed by atoms with van der Waals surface area (Å²) in [5.74, 6) is 0.132. The predicted octanol–water partition coefficient (Wildman–Crippen LogP) is 3.28. The van der Waals surface area contributed by atoms with Crippen LogP contribution in [0.5, 0.6) is 0 Å². The van der Waals surface area contributed by atoms with E-state index in [1.807, 2.05) is 0 Å². The fourth-order valence-electron chi connectivity index (χ4n) is 2.07. The Hall–Kier alpha value is -1.51. The van der Waals surface area contributed by atoms with E-state index in [2.05, 4.69) is 49.6 Å². The molecule has 1 amide bonds. The number of carbonyl (C=O) groups excluding carboxylic acids is 1. The van der Waals surface area contributed by atoms with E-state index in [1.54, 1.807) is 0 Å². The molecule has 0 bridgehead atoms. The molecule has 0 aromatic heterocycles. The van der Waals surface area contributed by atoms with Crippen molar-refractivity contribution in [3.63, 3.8) is 0 Å². The van der Waals surface area contributed by atoms with Crippen LogP contribution in [-0.4, -0.2) is 19.0 Å². The molecule has 3 nitrogen and oxygen atoms in total. The lowest BCUT2D eigenvalue weighted by Crippen LogP contribution is -2.26. The van der Waals surface area contributed by atoms with Crippen molar-refractivity contribution in [3.05, 3.63) is 29.3 Å². The van der Waals surface area contributed by atoms with E-state index in [1.165, 1.54) is 16.8 Å². The van der Waals surface area contributed by atoms with Gasteiger partial charge in [0.15, 0.2) is 0 Å². The van der Waals surface area contributed by atoms with E-state index in [0.717, 1.165) is 25.8 Å². The zero-order chi connectivity index (χ0) is 14.1. The molecule has 0 radical (unpaired) electrons. The molecular formula is C16H26N2O. The van der Waals surface area contributed by atoms with Crippen molar-refractivity contribution in [1.82, 2.24) is 5.32 Å². The molecule has 106 valence electrons. The van der Waals surface area contributed by atoms with Crippen molar-refractivity contribution in [2.45, 2.75) is 46.5 Å². The number of rotatable bonds is 8. The zero-order valence-corrected chi connectivity index (χ0v) is 12.4. The van der Waals surface area contributed by atoms with Crippen molar-refractivity contribution in [2.75, 3.05) is 18.4 Å². The molecule has 0 fully saturated rings. The molecule has 0 aliphatic carbocycles. The van der Waals surface area contributed by atoms with Gasteiger partial charge in [-0.2, -0.15) is 0 Å². The second-order valence-electron chi connectivity index (χ2n) is 4.84. The first-order valence-electron chi connectivity index (χ1n) is 7.28. The van der Waals surface area contributed by atoms with Gasteiger partial charge in [-0.1, -0.05) is 38.5 Å². The van der Waals surface area contributed by atoms with Gasteiger partial charge in [0.25, 0.3) is 0 Å². The Kier molecular flexibility index (Phi) is 7.01. The number of amides is 1. The topological polar surface area (TPSA) is 41.1 Å². The first-order chi connectivity index (χ1) is 9.19. The highest BCUT2D eigenvalue weighted by Gasteiger charge is 2.05. The third kappa shape index (κ3) is 5.33. The predicted molar refractivity (Wildman–Crippen MR) is 81.6 cm³/mol. The minimum atomic E-state index is 0.132. The minimum Gasteiger partial charge on any atom is -0.384 e. The van der Waals surface area contributed by atoms with Gasteiger partial charge in [0.2, 0.25) is 5.91 Å². The summed E-state index contributed by atoms with van der Waals surface area (Å²) in [5, 5.41) is 6.33. The van der Waals surface area contributed by atoms with E-state index in [9.17, 15) is 4.79 Å². The van der Waals surface area contributed by atoms with Gasteiger partial charge >= 0.3 is 0 Å². The molecule has 2 N–H and O–H groups in total. The summed E-state index contributed by atoms with van der Waals surface area (Å²) in [6, 6.07) is 6.32. The number of benzene rings is 1. The minimum absolute atomic E-state index is 0.132. The number of para-hydroxylation sites is 1. The normalized spacial score (nSPS) is 10.3. The Morgan fingerprint density at radius 2 is 2.00 bits per heavy atom. The van der Waals surface area contributed by atoms with Gasteiger partial charge in [-0.05, 0) is 30.9 Å². The summed E-state index contributed by atoms with van der Waals surface area (Å²) in [7, 11) is 0. The van der Waals surface area contributed by atoms with Gasteiger partial charge in [-0.3, -0.25) is 4.79 Å². The summed E-state index contributed by atoms with van der Waals surface area (Å²) in [6.07, 6.45) is 3.70. The molecule has 0 saturated carbocycles. The zero-order valence-electron chi connectivity index (χ0n) is 12.4. The molecule has 3 heteroatoms. The SMILES string of the molecule is CCCCNC(=O)CCNc1c(C)cccc1CC. The second-order valence-corrected chi connectivity index (χ2v) is 4.84. The van der Waals surface area contributed by atoms with E-state index in [0.29, 0.717) is 13.0 Å². The first-order valence-corrected chi connectivity index (χ1v) is 7.28. The van der Waals surface area contributed by atoms with E-state index < -0.39 is 0 Å². The number of aryl methyl sites for hydroxylation is 2. The lowest BCUT2D eigenvalue weighted by Gasteiger charge is -2.13. The maximum Gasteiger partial charge on any atom is 0.221 e. The molecule has 1 aromatic rings. The van der Waals surface area contributed by atoms with Gasteiger partial charge in [0.1, 0.15) is 0 Å². The monoisotopic (exact) mass is 262 g/mol. The van der Waals surface area contributed by atoms with Crippen LogP contribution >= 0.6 is 0 Å². The molecule has 0 spiro atoms. The molecular weight excluding hydrogens is 236 g/mol. The van der Waals surface area contributed by atoms with Gasteiger partial charge in [-0.15, -0.1) is 0 Å². The maximum atomic E-state index is 11.6. The summed E-state index contributed by atoms with van der Waals surface area (Å²) in [4.78, 5) is 11.6. The molecule has 19 heavy (non-hydrogen) atoms. The number of nitrogens with one attached hydrogen (secondary N) is 2. The van der Waals surface area contributed by atoms with Crippen LogP contribution in [0, 0.1) is 6.92 Å². The Morgan fingerprint density at radius 1 is 1.21 bits per heavy atom. The average molecular weight is 262 g/mol. The molecule has 0 saturated heterocycles. The molecule has 0 atom stereocenters. The Bertz CT molecular complexity index is 402. The summed E-state index contributed by atoms with van der Waals surface area (Å²) in [5.41, 5.74) is 3.74. The highest BCUT2D eigenvalue weighted by molar-refractivity contribution is 5.76. The van der Waals surface area contributed by atoms with Crippen LogP contribution in [0.4, 0.5) is 5.69 Å². The van der Waals surface area contributed by atoms with Crippen molar-refractivity contribution in [2.24, 2.45) is 0 Å². The lowest BCUT2D eigenvalue weighted by atomic mass is 10.1. The molecule has 1 rings (SSSR count). The fraction of sp³-hybridized carbons (Fsp3) is 0.562. The summed E-state index contributed by atoms with van der Waals surface area (Å²) < 4.78 is 0. The number of unbranched alkanes of at least 4 members (excludes halogenated alkanes) is 1. The van der Waals surface area contributed by atoms with Crippen molar-refractivity contribution >= 4 is 11.6 Å². The molecule has 0 aliphatic rings. The van der Waals surface area contributed by atoms with Crippen molar-refractivity contribution < 1.29 is 4.79 Å². The van der Waals surface area contributed by atoms with Crippen LogP contribution in [0.2, 0.25) is 0 Å².